The van der Waals surface area contributed by atoms with Crippen molar-refractivity contribution in [3.8, 4) is 5.75 Å². The van der Waals surface area contributed by atoms with E-state index in [9.17, 15) is 0 Å². The third-order valence-corrected chi connectivity index (χ3v) is 3.62. The van der Waals surface area contributed by atoms with Crippen molar-refractivity contribution in [3.05, 3.63) is 29.3 Å². The summed E-state index contributed by atoms with van der Waals surface area (Å²) in [4.78, 5) is 0. The Morgan fingerprint density at radius 2 is 2.17 bits per heavy atom. The highest BCUT2D eigenvalue weighted by molar-refractivity contribution is 5.40. The Balaban J connectivity index is 2.14. The molecule has 0 aliphatic carbocycles. The van der Waals surface area contributed by atoms with Gasteiger partial charge in [0.15, 0.2) is 0 Å². The second-order valence-electron chi connectivity index (χ2n) is 4.88. The lowest BCUT2D eigenvalue weighted by Gasteiger charge is -2.25. The van der Waals surface area contributed by atoms with Gasteiger partial charge in [0.2, 0.25) is 0 Å². The summed E-state index contributed by atoms with van der Waals surface area (Å²) < 4.78 is 10.7. The van der Waals surface area contributed by atoms with Gasteiger partial charge in [-0.05, 0) is 37.4 Å². The van der Waals surface area contributed by atoms with Gasteiger partial charge in [-0.3, -0.25) is 0 Å². The van der Waals surface area contributed by atoms with Crippen LogP contribution in [-0.2, 0) is 17.8 Å². The molecule has 18 heavy (non-hydrogen) atoms. The molecule has 0 saturated carbocycles. The summed E-state index contributed by atoms with van der Waals surface area (Å²) in [5.74, 6) is 0.935. The van der Waals surface area contributed by atoms with Crippen molar-refractivity contribution < 1.29 is 9.47 Å². The van der Waals surface area contributed by atoms with E-state index in [2.05, 4.69) is 17.4 Å². The molecule has 0 radical (unpaired) electrons. The largest absolute Gasteiger partial charge is 0.496 e. The summed E-state index contributed by atoms with van der Waals surface area (Å²) in [5.41, 5.74) is 2.53. The molecular weight excluding hydrogens is 226 g/mol. The number of nitrogens with one attached hydrogen (secondary N) is 1. The van der Waals surface area contributed by atoms with Crippen molar-refractivity contribution in [2.75, 3.05) is 20.8 Å². The zero-order valence-corrected chi connectivity index (χ0v) is 11.4. The van der Waals surface area contributed by atoms with E-state index in [4.69, 9.17) is 9.47 Å². The Labute approximate surface area is 109 Å². The van der Waals surface area contributed by atoms with E-state index in [1.165, 1.54) is 30.4 Å². The molecule has 0 amide bonds. The molecule has 1 aliphatic rings. The molecule has 0 spiro atoms. The summed E-state index contributed by atoms with van der Waals surface area (Å²) in [5, 5.41) is 3.59. The average molecular weight is 249 g/mol. The Kier molecular flexibility index (Phi) is 5.02. The van der Waals surface area contributed by atoms with E-state index in [-0.39, 0.29) is 0 Å². The maximum Gasteiger partial charge on any atom is 0.124 e. The molecular formula is C15H23NO2. The highest BCUT2D eigenvalue weighted by Gasteiger charge is 2.16. The minimum atomic E-state index is 0.599. The first kappa shape index (κ1) is 13.4. The van der Waals surface area contributed by atoms with Crippen LogP contribution in [0, 0.1) is 0 Å². The van der Waals surface area contributed by atoms with E-state index in [1.807, 2.05) is 6.07 Å². The summed E-state index contributed by atoms with van der Waals surface area (Å²) in [6.45, 7) is 1.76. The SMILES string of the molecule is COCc1c(CC2CCCCN2)cccc1OC. The molecule has 1 unspecified atom stereocenters. The van der Waals surface area contributed by atoms with E-state index in [1.54, 1.807) is 14.2 Å². The van der Waals surface area contributed by atoms with Crippen molar-refractivity contribution in [2.45, 2.75) is 38.3 Å². The third-order valence-electron chi connectivity index (χ3n) is 3.62. The maximum atomic E-state index is 5.43. The van der Waals surface area contributed by atoms with E-state index < -0.39 is 0 Å². The number of benzene rings is 1. The van der Waals surface area contributed by atoms with Gasteiger partial charge < -0.3 is 14.8 Å². The number of piperidine rings is 1. The summed E-state index contributed by atoms with van der Waals surface area (Å²) >= 11 is 0. The van der Waals surface area contributed by atoms with Crippen molar-refractivity contribution in [3.63, 3.8) is 0 Å². The van der Waals surface area contributed by atoms with Gasteiger partial charge in [-0.2, -0.15) is 0 Å². The van der Waals surface area contributed by atoms with Crippen LogP contribution in [0.1, 0.15) is 30.4 Å². The van der Waals surface area contributed by atoms with Crippen molar-refractivity contribution in [1.29, 1.82) is 0 Å². The van der Waals surface area contributed by atoms with Crippen LogP contribution in [0.2, 0.25) is 0 Å². The standard InChI is InChI=1S/C15H23NO2/c1-17-11-14-12(6-5-8-15(14)18-2)10-13-7-3-4-9-16-13/h5-6,8,13,16H,3-4,7,9-11H2,1-2H3. The molecule has 1 N–H and O–H groups in total. The second kappa shape index (κ2) is 6.76. The Hall–Kier alpha value is -1.06. The summed E-state index contributed by atoms with van der Waals surface area (Å²) in [6, 6.07) is 6.86. The monoisotopic (exact) mass is 249 g/mol. The van der Waals surface area contributed by atoms with Crippen LogP contribution in [0.15, 0.2) is 18.2 Å². The molecule has 0 aromatic heterocycles. The van der Waals surface area contributed by atoms with Gasteiger partial charge in [-0.25, -0.2) is 0 Å². The van der Waals surface area contributed by atoms with E-state index in [0.717, 1.165) is 18.7 Å². The fourth-order valence-electron chi connectivity index (χ4n) is 2.67. The molecule has 1 fully saturated rings. The molecule has 2 rings (SSSR count). The lowest BCUT2D eigenvalue weighted by atomic mass is 9.94. The Morgan fingerprint density at radius 1 is 1.28 bits per heavy atom. The van der Waals surface area contributed by atoms with Gasteiger partial charge >= 0.3 is 0 Å². The van der Waals surface area contributed by atoms with Crippen molar-refractivity contribution in [2.24, 2.45) is 0 Å². The van der Waals surface area contributed by atoms with Crippen molar-refractivity contribution >= 4 is 0 Å². The third kappa shape index (κ3) is 3.24. The number of methoxy groups -OCH3 is 2. The number of ether oxygens (including phenoxy) is 2. The first-order valence-electron chi connectivity index (χ1n) is 6.72. The smallest absolute Gasteiger partial charge is 0.124 e. The quantitative estimate of drug-likeness (QED) is 0.870. The first-order chi connectivity index (χ1) is 8.85. The van der Waals surface area contributed by atoms with Crippen LogP contribution < -0.4 is 10.1 Å². The molecule has 0 bridgehead atoms. The van der Waals surface area contributed by atoms with Gasteiger partial charge in [0.25, 0.3) is 0 Å². The maximum absolute atomic E-state index is 5.43. The highest BCUT2D eigenvalue weighted by atomic mass is 16.5. The Bertz CT molecular complexity index is 373. The number of hydrogen-bond donors (Lipinski definition) is 1. The van der Waals surface area contributed by atoms with Gasteiger partial charge in [0.1, 0.15) is 5.75 Å². The van der Waals surface area contributed by atoms with Gasteiger partial charge in [-0.1, -0.05) is 18.6 Å². The van der Waals surface area contributed by atoms with E-state index >= 15 is 0 Å². The molecule has 1 saturated heterocycles. The molecule has 1 heterocycles. The number of rotatable bonds is 5. The lowest BCUT2D eigenvalue weighted by Crippen LogP contribution is -2.35. The van der Waals surface area contributed by atoms with Crippen molar-refractivity contribution in [1.82, 2.24) is 5.32 Å². The van der Waals surface area contributed by atoms with Crippen LogP contribution in [-0.4, -0.2) is 26.8 Å². The lowest BCUT2D eigenvalue weighted by molar-refractivity contribution is 0.180. The molecule has 1 aromatic carbocycles. The minimum Gasteiger partial charge on any atom is -0.496 e. The van der Waals surface area contributed by atoms with Crippen LogP contribution in [0.25, 0.3) is 0 Å². The molecule has 1 aliphatic heterocycles. The van der Waals surface area contributed by atoms with Gasteiger partial charge in [0, 0.05) is 18.7 Å². The highest BCUT2D eigenvalue weighted by Crippen LogP contribution is 2.25. The summed E-state index contributed by atoms with van der Waals surface area (Å²) in [7, 11) is 3.45. The van der Waals surface area contributed by atoms with Crippen LogP contribution >= 0.6 is 0 Å². The molecule has 1 aromatic rings. The second-order valence-corrected chi connectivity index (χ2v) is 4.88. The van der Waals surface area contributed by atoms with E-state index in [0.29, 0.717) is 12.6 Å². The predicted octanol–water partition coefficient (Wildman–Crippen LogP) is 2.53. The zero-order chi connectivity index (χ0) is 12.8. The first-order valence-corrected chi connectivity index (χ1v) is 6.72. The number of hydrogen-bond acceptors (Lipinski definition) is 3. The topological polar surface area (TPSA) is 30.5 Å². The fourth-order valence-corrected chi connectivity index (χ4v) is 2.67. The Morgan fingerprint density at radius 3 is 2.83 bits per heavy atom. The van der Waals surface area contributed by atoms with Gasteiger partial charge in [-0.15, -0.1) is 0 Å². The van der Waals surface area contributed by atoms with Crippen LogP contribution in [0.5, 0.6) is 5.75 Å². The fraction of sp³-hybridized carbons (Fsp3) is 0.600. The average Bonchev–Trinajstić information content (AvgIpc) is 2.42. The summed E-state index contributed by atoms with van der Waals surface area (Å²) in [6.07, 6.45) is 4.97. The molecule has 1 atom stereocenters. The van der Waals surface area contributed by atoms with Crippen LogP contribution in [0.4, 0.5) is 0 Å². The molecule has 100 valence electrons. The molecule has 3 heteroatoms. The minimum absolute atomic E-state index is 0.599. The predicted molar refractivity (Wildman–Crippen MR) is 73.1 cm³/mol. The molecule has 3 nitrogen and oxygen atoms in total. The normalized spacial score (nSPS) is 19.8. The zero-order valence-electron chi connectivity index (χ0n) is 11.4. The van der Waals surface area contributed by atoms with Gasteiger partial charge in [0.05, 0.1) is 13.7 Å². The van der Waals surface area contributed by atoms with Crippen LogP contribution in [0.3, 0.4) is 0 Å².